The van der Waals surface area contributed by atoms with Gasteiger partial charge in [0.25, 0.3) is 11.8 Å². The molecule has 9 atom stereocenters. The first-order valence-corrected chi connectivity index (χ1v) is 27.5. The number of imidazole rings is 2. The fourth-order valence-electron chi connectivity index (χ4n) is 10.1. The first kappa shape index (κ1) is 56.2. The summed E-state index contributed by atoms with van der Waals surface area (Å²) in [6, 6.07) is 42.9. The highest BCUT2D eigenvalue weighted by Gasteiger charge is 2.54. The molecule has 24 heteroatoms. The van der Waals surface area contributed by atoms with Crippen molar-refractivity contribution >= 4 is 54.4 Å². The molecule has 3 unspecified atom stereocenters. The molecule has 2 saturated heterocycles. The molecule has 6 heterocycles. The number of nitrogens with zero attached hydrogens (tertiary/aromatic N) is 9. The van der Waals surface area contributed by atoms with E-state index < -0.39 is 81.8 Å². The van der Waals surface area contributed by atoms with Gasteiger partial charge in [-0.15, -0.1) is 0 Å². The topological polar surface area (TPSA) is 243 Å². The number of nitrogens with one attached hydrogen (secondary N) is 2. The van der Waals surface area contributed by atoms with Crippen molar-refractivity contribution in [2.24, 2.45) is 0 Å². The summed E-state index contributed by atoms with van der Waals surface area (Å²) in [5.74, 6) is 0.419. The Kier molecular flexibility index (Phi) is 17.0. The third kappa shape index (κ3) is 11.5. The zero-order valence-electron chi connectivity index (χ0n) is 44.8. The number of rotatable bonds is 22. The van der Waals surface area contributed by atoms with Gasteiger partial charge in [0.2, 0.25) is 0 Å². The third-order valence-corrected chi connectivity index (χ3v) is 15.4. The minimum absolute atomic E-state index is 0.0735. The average molecular weight is 1150 g/mol. The SMILES string of the molecule is CC[C@H]1O[C@@H](n2cnc3c(NC(=O)c4ccccc4)ncnc32)[C@@H](F)C1OP(OCCC#N)OC[C@H]1O[C@@H](n2cnc3c(NC(=O)c4ccccc4)ncnc32)C(F)[C@H]1OC(c1ccccc1)(c1ccc(OC)cc1)c1ccc(OC)cc1. The lowest BCUT2D eigenvalue weighted by atomic mass is 9.79. The summed E-state index contributed by atoms with van der Waals surface area (Å²) in [7, 11) is 0.537. The van der Waals surface area contributed by atoms with Gasteiger partial charge >= 0.3 is 8.60 Å². The van der Waals surface area contributed by atoms with Gasteiger partial charge in [0.15, 0.2) is 58.8 Å². The van der Waals surface area contributed by atoms with Crippen LogP contribution in [0.15, 0.2) is 165 Å². The Labute approximate surface area is 475 Å². The van der Waals surface area contributed by atoms with Gasteiger partial charge in [0.1, 0.15) is 48.1 Å². The second-order valence-electron chi connectivity index (χ2n) is 19.1. The number of nitriles is 1. The van der Waals surface area contributed by atoms with Crippen LogP contribution in [0.4, 0.5) is 20.4 Å². The fraction of sp³-hybridized carbons (Fsp3) is 0.271. The molecule has 2 fully saturated rings. The van der Waals surface area contributed by atoms with Gasteiger partial charge in [-0.1, -0.05) is 97.9 Å². The molecule has 2 aliphatic heterocycles. The van der Waals surface area contributed by atoms with Gasteiger partial charge < -0.3 is 47.9 Å². The van der Waals surface area contributed by atoms with Crippen molar-refractivity contribution in [2.75, 3.05) is 38.1 Å². The number of halogens is 2. The largest absolute Gasteiger partial charge is 0.497 e. The van der Waals surface area contributed by atoms with Crippen molar-refractivity contribution in [3.8, 4) is 17.6 Å². The van der Waals surface area contributed by atoms with E-state index in [2.05, 4.69) is 40.5 Å². The molecule has 0 bridgehead atoms. The summed E-state index contributed by atoms with van der Waals surface area (Å²) in [6.07, 6.45) is -6.42. The quantitative estimate of drug-likeness (QED) is 0.0364. The lowest BCUT2D eigenvalue weighted by molar-refractivity contribution is -0.104. The number of amides is 2. The number of ether oxygens (including phenoxy) is 5. The lowest BCUT2D eigenvalue weighted by Crippen LogP contribution is -2.44. The van der Waals surface area contributed by atoms with Crippen molar-refractivity contribution < 1.29 is 55.6 Å². The molecule has 424 valence electrons. The van der Waals surface area contributed by atoms with Crippen LogP contribution in [-0.4, -0.2) is 115 Å². The molecular weight excluding hydrogens is 1090 g/mol. The molecule has 21 nitrogen and oxygen atoms in total. The predicted octanol–water partition coefficient (Wildman–Crippen LogP) is 10.0. The van der Waals surface area contributed by atoms with Crippen molar-refractivity contribution in [1.29, 1.82) is 5.26 Å². The van der Waals surface area contributed by atoms with Gasteiger partial charge in [0, 0.05) is 11.1 Å². The third-order valence-electron chi connectivity index (χ3n) is 14.2. The highest BCUT2D eigenvalue weighted by Crippen LogP contribution is 2.51. The van der Waals surface area contributed by atoms with E-state index >= 15 is 8.78 Å². The summed E-state index contributed by atoms with van der Waals surface area (Å²) in [6.45, 7) is 1.15. The van der Waals surface area contributed by atoms with Gasteiger partial charge in [0.05, 0.1) is 58.7 Å². The molecule has 5 aromatic carbocycles. The molecular formula is C59H54F2N11O10P. The fourth-order valence-corrected chi connectivity index (χ4v) is 11.2. The normalized spacial score (nSPS) is 20.9. The minimum atomic E-state index is -2.57. The Bertz CT molecular complexity index is 3670. The van der Waals surface area contributed by atoms with E-state index in [-0.39, 0.29) is 53.4 Å². The summed E-state index contributed by atoms with van der Waals surface area (Å²) in [5.41, 5.74) is 1.64. The molecule has 0 radical (unpaired) electrons. The number of aromatic nitrogens is 8. The van der Waals surface area contributed by atoms with E-state index in [9.17, 15) is 14.9 Å². The standard InChI is InChI=1S/C59H54F2N11O10P/c1-4-43-50(46(61)58(79-43)72-35-68-48-52(64-33-66-54(48)72)70-56(74)37-17-10-6-11-18-37)82-83(77-30-14-29-62)78-31-44-49(45(60)57(80-44)71-34-67-47-51(63-32-65-53(47)71)69-55(73)36-15-8-5-9-16-36)81-59(38-19-12-7-13-20-38,39-21-25-41(75-2)26-22-39)40-23-27-42(76-3)28-24-40/h5-13,15-28,32-35,43-46,49-50,57-58H,4,14,30-31H2,1-3H3,(H,63,65,69,73)(H,64,66,70,74)/t43-,44-,45?,46+,49+,50?,57-,58-,83?/m1/s1. The van der Waals surface area contributed by atoms with Crippen LogP contribution < -0.4 is 20.1 Å². The van der Waals surface area contributed by atoms with Crippen molar-refractivity contribution in [2.45, 2.75) is 74.6 Å². The average Bonchev–Trinajstić information content (AvgIpc) is 2.89. The summed E-state index contributed by atoms with van der Waals surface area (Å²) < 4.78 is 89.2. The maximum Gasteiger partial charge on any atom is 0.333 e. The molecule has 0 aliphatic carbocycles. The summed E-state index contributed by atoms with van der Waals surface area (Å²) >= 11 is 0. The molecule has 2 aliphatic rings. The highest BCUT2D eigenvalue weighted by molar-refractivity contribution is 7.41. The summed E-state index contributed by atoms with van der Waals surface area (Å²) in [4.78, 5) is 52.9. The number of methoxy groups -OCH3 is 2. The molecule has 2 amide bonds. The monoisotopic (exact) mass is 1150 g/mol. The van der Waals surface area contributed by atoms with E-state index in [0.717, 1.165) is 0 Å². The van der Waals surface area contributed by atoms with Crippen molar-refractivity contribution in [1.82, 2.24) is 39.0 Å². The van der Waals surface area contributed by atoms with Crippen LogP contribution in [0.1, 0.15) is 69.6 Å². The van der Waals surface area contributed by atoms with E-state index in [1.807, 2.05) is 60.7 Å². The Balaban J connectivity index is 0.934. The van der Waals surface area contributed by atoms with E-state index in [4.69, 9.17) is 37.3 Å². The number of alkyl halides is 2. The van der Waals surface area contributed by atoms with E-state index in [1.54, 1.807) is 106 Å². The number of carbonyl (C=O) groups excluding carboxylic acids is 2. The maximum atomic E-state index is 18.4. The van der Waals surface area contributed by atoms with Crippen LogP contribution in [0.3, 0.4) is 0 Å². The Morgan fingerprint density at radius 3 is 1.58 bits per heavy atom. The number of carbonyl (C=O) groups is 2. The molecule has 0 spiro atoms. The Morgan fingerprint density at radius 2 is 1.10 bits per heavy atom. The molecule has 2 N–H and O–H groups in total. The Morgan fingerprint density at radius 1 is 0.627 bits per heavy atom. The van der Waals surface area contributed by atoms with Crippen LogP contribution >= 0.6 is 8.60 Å². The van der Waals surface area contributed by atoms with Gasteiger partial charge in [-0.2, -0.15) is 5.26 Å². The Hall–Kier alpha value is -8.72. The summed E-state index contributed by atoms with van der Waals surface area (Å²) in [5, 5.41) is 15.2. The lowest BCUT2D eigenvalue weighted by Gasteiger charge is -2.39. The highest BCUT2D eigenvalue weighted by atomic mass is 31.2. The number of hydrogen-bond acceptors (Lipinski definition) is 17. The van der Waals surface area contributed by atoms with Crippen LogP contribution in [0.2, 0.25) is 0 Å². The van der Waals surface area contributed by atoms with Gasteiger partial charge in [-0.25, -0.2) is 38.7 Å². The van der Waals surface area contributed by atoms with Crippen LogP contribution in [0.25, 0.3) is 22.3 Å². The maximum absolute atomic E-state index is 18.4. The second-order valence-corrected chi connectivity index (χ2v) is 20.3. The first-order chi connectivity index (χ1) is 40.6. The molecule has 0 saturated carbocycles. The molecule has 83 heavy (non-hydrogen) atoms. The van der Waals surface area contributed by atoms with Crippen molar-refractivity contribution in [3.63, 3.8) is 0 Å². The smallest absolute Gasteiger partial charge is 0.333 e. The number of benzene rings is 5. The number of fused-ring (bicyclic) bond motifs is 2. The molecule has 4 aromatic heterocycles. The van der Waals surface area contributed by atoms with Crippen LogP contribution in [0, 0.1) is 11.3 Å². The predicted molar refractivity (Wildman–Crippen MR) is 298 cm³/mol. The minimum Gasteiger partial charge on any atom is -0.497 e. The molecule has 11 rings (SSSR count). The second kappa shape index (κ2) is 25.2. The van der Waals surface area contributed by atoms with Gasteiger partial charge in [-0.05, 0) is 71.6 Å². The zero-order chi connectivity index (χ0) is 57.5. The van der Waals surface area contributed by atoms with Crippen LogP contribution in [-0.2, 0) is 33.4 Å². The van der Waals surface area contributed by atoms with Crippen LogP contribution in [0.5, 0.6) is 11.5 Å². The molecule has 9 aromatic rings. The van der Waals surface area contributed by atoms with Crippen molar-refractivity contribution in [3.05, 3.63) is 193 Å². The van der Waals surface area contributed by atoms with E-state index in [0.29, 0.717) is 39.3 Å². The van der Waals surface area contributed by atoms with Gasteiger partial charge in [-0.3, -0.25) is 18.7 Å². The zero-order valence-corrected chi connectivity index (χ0v) is 45.7. The van der Waals surface area contributed by atoms with E-state index in [1.165, 1.54) is 34.4 Å². The number of hydrogen-bond donors (Lipinski definition) is 2. The number of anilines is 2. The first-order valence-electron chi connectivity index (χ1n) is 26.4.